The van der Waals surface area contributed by atoms with E-state index < -0.39 is 6.29 Å². The summed E-state index contributed by atoms with van der Waals surface area (Å²) in [6, 6.07) is 0. The molecule has 6 nitrogen and oxygen atoms in total. The van der Waals surface area contributed by atoms with Crippen LogP contribution in [-0.4, -0.2) is 58.5 Å². The van der Waals surface area contributed by atoms with Gasteiger partial charge < -0.3 is 23.7 Å². The summed E-state index contributed by atoms with van der Waals surface area (Å²) in [6.45, 7) is 2.26. The average molecular weight is 289 g/mol. The van der Waals surface area contributed by atoms with Crippen molar-refractivity contribution < 1.29 is 23.7 Å². The molecule has 0 saturated carbocycles. The Labute approximate surface area is 115 Å². The number of nitrogens with zero attached hydrogens (tertiary/aromatic N) is 1. The number of hydrogen-bond donors (Lipinski definition) is 0. The molecular weight excluding hydrogens is 269 g/mol. The van der Waals surface area contributed by atoms with Gasteiger partial charge >= 0.3 is 0 Å². The Hall–Kier alpha value is -0.780. The van der Waals surface area contributed by atoms with Crippen LogP contribution in [0.2, 0.25) is 0 Å². The van der Waals surface area contributed by atoms with Gasteiger partial charge in [-0.25, -0.2) is 0 Å². The number of hydrogen-bond acceptors (Lipinski definition) is 6. The van der Waals surface area contributed by atoms with Gasteiger partial charge in [-0.3, -0.25) is 4.98 Å². The fourth-order valence-electron chi connectivity index (χ4n) is 1.18. The van der Waals surface area contributed by atoms with Gasteiger partial charge in [-0.2, -0.15) is 0 Å². The van der Waals surface area contributed by atoms with E-state index in [-0.39, 0.29) is 0 Å². The van der Waals surface area contributed by atoms with Crippen LogP contribution in [0.3, 0.4) is 0 Å². The molecule has 0 atom stereocenters. The molecule has 0 bridgehead atoms. The van der Waals surface area contributed by atoms with Crippen molar-refractivity contribution in [2.24, 2.45) is 0 Å². The predicted molar refractivity (Wildman–Crippen MR) is 71.7 cm³/mol. The normalized spacial score (nSPS) is 11.3. The SMILES string of the molecule is COCCOC(COc1cnccp1)OCCOC. The van der Waals surface area contributed by atoms with Gasteiger partial charge in [-0.15, -0.1) is 0 Å². The van der Waals surface area contributed by atoms with Gasteiger partial charge in [0.05, 0.1) is 32.6 Å². The van der Waals surface area contributed by atoms with Crippen LogP contribution in [0.15, 0.2) is 18.2 Å². The van der Waals surface area contributed by atoms with Crippen LogP contribution < -0.4 is 4.74 Å². The Kier molecular flexibility index (Phi) is 9.49. The van der Waals surface area contributed by atoms with Gasteiger partial charge in [0.2, 0.25) is 0 Å². The highest BCUT2D eigenvalue weighted by molar-refractivity contribution is 7.31. The van der Waals surface area contributed by atoms with E-state index in [0.29, 0.717) is 33.0 Å². The molecule has 0 aliphatic heterocycles. The fraction of sp³-hybridized carbons (Fsp3) is 0.667. The standard InChI is InChI=1S/C12H20NO5P/c1-14-4-6-16-11(17-7-5-15-2)10-18-12-9-13-3-8-19-12/h3,8-9,11H,4-7,10H2,1-2H3. The van der Waals surface area contributed by atoms with Crippen LogP contribution in [0.25, 0.3) is 0 Å². The van der Waals surface area contributed by atoms with Gasteiger partial charge in [0.15, 0.2) is 11.8 Å². The summed E-state index contributed by atoms with van der Waals surface area (Å²) in [5.41, 5.74) is 0.776. The monoisotopic (exact) mass is 289 g/mol. The second kappa shape index (κ2) is 11.1. The molecule has 0 unspecified atom stereocenters. The van der Waals surface area contributed by atoms with E-state index in [1.54, 1.807) is 26.6 Å². The summed E-state index contributed by atoms with van der Waals surface area (Å²) < 4.78 is 26.5. The van der Waals surface area contributed by atoms with Crippen molar-refractivity contribution in [1.29, 1.82) is 0 Å². The van der Waals surface area contributed by atoms with E-state index in [9.17, 15) is 0 Å². The van der Waals surface area contributed by atoms with E-state index in [2.05, 4.69) is 4.98 Å². The number of aromatic nitrogens is 1. The van der Waals surface area contributed by atoms with E-state index >= 15 is 0 Å². The second-order valence-electron chi connectivity index (χ2n) is 3.51. The molecule has 0 saturated heterocycles. The summed E-state index contributed by atoms with van der Waals surface area (Å²) in [6.07, 6.45) is 2.98. The molecule has 1 aromatic rings. The Bertz CT molecular complexity index is 304. The Morgan fingerprint density at radius 2 is 1.79 bits per heavy atom. The van der Waals surface area contributed by atoms with E-state index in [4.69, 9.17) is 23.7 Å². The average Bonchev–Trinajstić information content (AvgIpc) is 2.45. The molecule has 0 amide bonds. The van der Waals surface area contributed by atoms with Gasteiger partial charge in [0.25, 0.3) is 0 Å². The molecule has 0 fully saturated rings. The molecule has 1 heterocycles. The largest absolute Gasteiger partial charge is 0.482 e. The van der Waals surface area contributed by atoms with E-state index in [1.165, 1.54) is 0 Å². The van der Waals surface area contributed by atoms with Gasteiger partial charge in [0.1, 0.15) is 6.61 Å². The molecule has 19 heavy (non-hydrogen) atoms. The molecule has 0 aliphatic rings. The van der Waals surface area contributed by atoms with Crippen LogP contribution in [-0.2, 0) is 18.9 Å². The van der Waals surface area contributed by atoms with Crippen LogP contribution in [0, 0.1) is 0 Å². The van der Waals surface area contributed by atoms with Crippen molar-refractivity contribution in [3.8, 4) is 5.48 Å². The van der Waals surface area contributed by atoms with Crippen molar-refractivity contribution in [3.63, 3.8) is 0 Å². The first-order chi connectivity index (χ1) is 9.36. The number of methoxy groups -OCH3 is 2. The smallest absolute Gasteiger partial charge is 0.191 e. The lowest BCUT2D eigenvalue weighted by atomic mass is 10.6. The second-order valence-corrected chi connectivity index (χ2v) is 4.51. The Balaban J connectivity index is 2.30. The van der Waals surface area contributed by atoms with Gasteiger partial charge in [-0.1, -0.05) is 0 Å². The first-order valence-electron chi connectivity index (χ1n) is 5.96. The third-order valence-corrected chi connectivity index (χ3v) is 2.87. The number of rotatable bonds is 11. The highest BCUT2D eigenvalue weighted by atomic mass is 31.0. The molecule has 0 N–H and O–H groups in total. The number of ether oxygens (including phenoxy) is 5. The summed E-state index contributed by atoms with van der Waals surface area (Å²) in [5, 5.41) is 0. The molecule has 1 rings (SSSR count). The molecule has 0 aliphatic carbocycles. The lowest BCUT2D eigenvalue weighted by Crippen LogP contribution is -2.28. The lowest BCUT2D eigenvalue weighted by Gasteiger charge is -2.18. The maximum Gasteiger partial charge on any atom is 0.191 e. The van der Waals surface area contributed by atoms with E-state index in [0.717, 1.165) is 13.7 Å². The Morgan fingerprint density at radius 1 is 1.11 bits per heavy atom. The molecule has 108 valence electrons. The zero-order valence-corrected chi connectivity index (χ0v) is 12.2. The first kappa shape index (κ1) is 16.3. The van der Waals surface area contributed by atoms with Crippen molar-refractivity contribution in [2.45, 2.75) is 6.29 Å². The van der Waals surface area contributed by atoms with Gasteiger partial charge in [-0.05, 0) is 14.0 Å². The van der Waals surface area contributed by atoms with Crippen LogP contribution in [0.5, 0.6) is 5.48 Å². The van der Waals surface area contributed by atoms with Crippen LogP contribution >= 0.6 is 8.19 Å². The summed E-state index contributed by atoms with van der Waals surface area (Å²) >= 11 is 0. The summed E-state index contributed by atoms with van der Waals surface area (Å²) in [7, 11) is 4.23. The predicted octanol–water partition coefficient (Wildman–Crippen LogP) is 1.69. The zero-order valence-electron chi connectivity index (χ0n) is 11.3. The molecule has 1 aromatic heterocycles. The maximum absolute atomic E-state index is 5.58. The highest BCUT2D eigenvalue weighted by Gasteiger charge is 2.10. The molecule has 0 spiro atoms. The highest BCUT2D eigenvalue weighted by Crippen LogP contribution is 2.20. The minimum absolute atomic E-state index is 0.315. The maximum atomic E-state index is 5.58. The Morgan fingerprint density at radius 3 is 2.32 bits per heavy atom. The molecule has 0 aromatic carbocycles. The zero-order chi connectivity index (χ0) is 13.8. The van der Waals surface area contributed by atoms with Crippen molar-refractivity contribution >= 4 is 8.19 Å². The topological polar surface area (TPSA) is 59.0 Å². The van der Waals surface area contributed by atoms with E-state index in [1.807, 2.05) is 5.80 Å². The molecular formula is C12H20NO5P. The fourth-order valence-corrected chi connectivity index (χ4v) is 1.76. The van der Waals surface area contributed by atoms with Crippen LogP contribution in [0.4, 0.5) is 0 Å². The summed E-state index contributed by atoms with van der Waals surface area (Å²) in [5.74, 6) is 1.90. The molecule has 7 heteroatoms. The van der Waals surface area contributed by atoms with Crippen LogP contribution in [0.1, 0.15) is 0 Å². The minimum Gasteiger partial charge on any atom is -0.482 e. The summed E-state index contributed by atoms with van der Waals surface area (Å²) in [4.78, 5) is 3.99. The first-order valence-corrected chi connectivity index (χ1v) is 6.93. The van der Waals surface area contributed by atoms with Crippen molar-refractivity contribution in [1.82, 2.24) is 4.98 Å². The quantitative estimate of drug-likeness (QED) is 0.456. The van der Waals surface area contributed by atoms with Gasteiger partial charge in [0, 0.05) is 20.4 Å². The molecule has 0 radical (unpaired) electrons. The minimum atomic E-state index is -0.438. The third kappa shape index (κ3) is 8.08. The van der Waals surface area contributed by atoms with Crippen molar-refractivity contribution in [3.05, 3.63) is 18.2 Å². The lowest BCUT2D eigenvalue weighted by molar-refractivity contribution is -0.168. The van der Waals surface area contributed by atoms with Crippen molar-refractivity contribution in [2.75, 3.05) is 47.3 Å². The third-order valence-electron chi connectivity index (χ3n) is 2.09.